The molecule has 35 heavy (non-hydrogen) atoms. The average Bonchev–Trinajstić information content (AvgIpc) is 3.54. The van der Waals surface area contributed by atoms with Gasteiger partial charge in [0.2, 0.25) is 11.7 Å². The number of ether oxygens (including phenoxy) is 1. The number of hydrogen-bond donors (Lipinski definition) is 0. The second-order valence-corrected chi connectivity index (χ2v) is 7.56. The van der Waals surface area contributed by atoms with Gasteiger partial charge in [0.05, 0.1) is 12.2 Å². The summed E-state index contributed by atoms with van der Waals surface area (Å²) in [5.74, 6) is 1.15. The van der Waals surface area contributed by atoms with Gasteiger partial charge in [-0.05, 0) is 50.2 Å². The van der Waals surface area contributed by atoms with Gasteiger partial charge in [-0.3, -0.25) is 0 Å². The van der Waals surface area contributed by atoms with Crippen LogP contribution in [0.15, 0.2) is 63.5 Å². The van der Waals surface area contributed by atoms with Gasteiger partial charge in [0.1, 0.15) is 17.2 Å². The molecule has 0 fully saturated rings. The SMILES string of the molecule is Cc1oc(-c2ccccc2)nc1Cn1nnc(-c2nc(-c3ccc(OC(F)(F)F)cc3)no2)c1C. The Kier molecular flexibility index (Phi) is 5.55. The first-order chi connectivity index (χ1) is 16.8. The van der Waals surface area contributed by atoms with E-state index in [-0.39, 0.29) is 17.5 Å². The fraction of sp³-hybridized carbons (Fsp3) is 0.174. The van der Waals surface area contributed by atoms with Crippen LogP contribution in [0.5, 0.6) is 5.75 Å². The van der Waals surface area contributed by atoms with E-state index in [0.29, 0.717) is 40.8 Å². The molecule has 0 aliphatic carbocycles. The molecule has 0 saturated heterocycles. The molecule has 5 rings (SSSR count). The summed E-state index contributed by atoms with van der Waals surface area (Å²) < 4.78 is 53.7. The van der Waals surface area contributed by atoms with Crippen LogP contribution in [-0.2, 0) is 6.54 Å². The van der Waals surface area contributed by atoms with Crippen LogP contribution < -0.4 is 4.74 Å². The van der Waals surface area contributed by atoms with Gasteiger partial charge in [0, 0.05) is 11.1 Å². The van der Waals surface area contributed by atoms with E-state index in [1.54, 1.807) is 11.6 Å². The number of oxazole rings is 1. The third-order valence-corrected chi connectivity index (χ3v) is 5.17. The first-order valence-electron chi connectivity index (χ1n) is 10.4. The number of halogens is 3. The summed E-state index contributed by atoms with van der Waals surface area (Å²) >= 11 is 0. The molecule has 0 N–H and O–H groups in total. The molecule has 0 atom stereocenters. The molecular formula is C23H17F3N6O3. The molecule has 5 aromatic rings. The Morgan fingerprint density at radius 1 is 0.914 bits per heavy atom. The maximum absolute atomic E-state index is 12.3. The summed E-state index contributed by atoms with van der Waals surface area (Å²) in [4.78, 5) is 8.89. The molecule has 9 nitrogen and oxygen atoms in total. The van der Waals surface area contributed by atoms with Gasteiger partial charge < -0.3 is 13.7 Å². The largest absolute Gasteiger partial charge is 0.573 e. The first-order valence-corrected chi connectivity index (χ1v) is 10.4. The predicted molar refractivity (Wildman–Crippen MR) is 116 cm³/mol. The van der Waals surface area contributed by atoms with Crippen molar-refractivity contribution in [3.8, 4) is 40.2 Å². The summed E-state index contributed by atoms with van der Waals surface area (Å²) in [5.41, 5.74) is 3.07. The van der Waals surface area contributed by atoms with Crippen LogP contribution >= 0.6 is 0 Å². The number of rotatable bonds is 6. The van der Waals surface area contributed by atoms with Gasteiger partial charge in [0.15, 0.2) is 5.69 Å². The van der Waals surface area contributed by atoms with E-state index in [1.165, 1.54) is 24.3 Å². The van der Waals surface area contributed by atoms with Crippen LogP contribution in [0.25, 0.3) is 34.4 Å². The number of benzene rings is 2. The average molecular weight is 482 g/mol. The summed E-state index contributed by atoms with van der Waals surface area (Å²) in [6.07, 6.45) is -4.77. The highest BCUT2D eigenvalue weighted by Crippen LogP contribution is 2.28. The minimum Gasteiger partial charge on any atom is -0.441 e. The quantitative estimate of drug-likeness (QED) is 0.325. The molecule has 12 heteroatoms. The highest BCUT2D eigenvalue weighted by atomic mass is 19.4. The standard InChI is InChI=1S/C23H17F3N6O3/c1-13-19(22-28-20(30-35-22)15-8-10-17(11-9-15)34-23(24,25)26)29-31-32(13)12-18-14(2)33-21(27-18)16-6-4-3-5-7-16/h3-11H,12H2,1-2H3. The predicted octanol–water partition coefficient (Wildman–Crippen LogP) is 5.21. The van der Waals surface area contributed by atoms with E-state index in [9.17, 15) is 13.2 Å². The molecule has 0 bridgehead atoms. The lowest BCUT2D eigenvalue weighted by molar-refractivity contribution is -0.274. The first kappa shape index (κ1) is 22.3. The lowest BCUT2D eigenvalue weighted by atomic mass is 10.2. The van der Waals surface area contributed by atoms with Gasteiger partial charge in [-0.15, -0.1) is 18.3 Å². The van der Waals surface area contributed by atoms with Crippen molar-refractivity contribution in [2.75, 3.05) is 0 Å². The molecule has 3 aromatic heterocycles. The van der Waals surface area contributed by atoms with Crippen LogP contribution in [0.3, 0.4) is 0 Å². The van der Waals surface area contributed by atoms with Crippen molar-refractivity contribution in [2.24, 2.45) is 0 Å². The fourth-order valence-corrected chi connectivity index (χ4v) is 3.37. The third-order valence-electron chi connectivity index (χ3n) is 5.17. The molecule has 0 radical (unpaired) electrons. The van der Waals surface area contributed by atoms with E-state index in [1.807, 2.05) is 37.3 Å². The molecule has 0 aliphatic heterocycles. The number of aromatic nitrogens is 6. The maximum Gasteiger partial charge on any atom is 0.573 e. The number of aryl methyl sites for hydroxylation is 1. The smallest absolute Gasteiger partial charge is 0.441 e. The van der Waals surface area contributed by atoms with Crippen molar-refractivity contribution in [1.82, 2.24) is 30.1 Å². The summed E-state index contributed by atoms with van der Waals surface area (Å²) in [6.45, 7) is 3.95. The Morgan fingerprint density at radius 3 is 2.37 bits per heavy atom. The minimum atomic E-state index is -4.77. The summed E-state index contributed by atoms with van der Waals surface area (Å²) in [5, 5.41) is 12.2. The zero-order valence-corrected chi connectivity index (χ0v) is 18.4. The molecule has 0 amide bonds. The van der Waals surface area contributed by atoms with Crippen molar-refractivity contribution >= 4 is 0 Å². The Bertz CT molecular complexity index is 1460. The highest BCUT2D eigenvalue weighted by molar-refractivity contribution is 5.59. The molecule has 0 aliphatic rings. The van der Waals surface area contributed by atoms with E-state index in [0.717, 1.165) is 5.56 Å². The second-order valence-electron chi connectivity index (χ2n) is 7.56. The van der Waals surface area contributed by atoms with Crippen LogP contribution in [0.1, 0.15) is 17.1 Å². The third kappa shape index (κ3) is 4.76. The minimum absolute atomic E-state index is 0.126. The highest BCUT2D eigenvalue weighted by Gasteiger charge is 2.31. The Balaban J connectivity index is 1.34. The lowest BCUT2D eigenvalue weighted by Crippen LogP contribution is -2.16. The fourth-order valence-electron chi connectivity index (χ4n) is 3.37. The molecule has 0 unspecified atom stereocenters. The van der Waals surface area contributed by atoms with Crippen LogP contribution in [0.4, 0.5) is 13.2 Å². The van der Waals surface area contributed by atoms with Crippen molar-refractivity contribution in [1.29, 1.82) is 0 Å². The van der Waals surface area contributed by atoms with Gasteiger partial charge in [0.25, 0.3) is 5.89 Å². The molecule has 2 aromatic carbocycles. The summed E-state index contributed by atoms with van der Waals surface area (Å²) in [7, 11) is 0. The van der Waals surface area contributed by atoms with Gasteiger partial charge in [-0.25, -0.2) is 9.67 Å². The molecule has 178 valence electrons. The zero-order valence-electron chi connectivity index (χ0n) is 18.4. The molecule has 3 heterocycles. The Labute approximate surface area is 196 Å². The lowest BCUT2D eigenvalue weighted by Gasteiger charge is -2.08. The Hall–Kier alpha value is -4.48. The topological polar surface area (TPSA) is 105 Å². The molecule has 0 spiro atoms. The van der Waals surface area contributed by atoms with E-state index in [2.05, 4.69) is 30.2 Å². The van der Waals surface area contributed by atoms with Crippen molar-refractivity contribution < 1.29 is 26.8 Å². The summed E-state index contributed by atoms with van der Waals surface area (Å²) in [6, 6.07) is 14.7. The molecular weight excluding hydrogens is 465 g/mol. The van der Waals surface area contributed by atoms with Crippen molar-refractivity contribution in [2.45, 2.75) is 26.8 Å². The Morgan fingerprint density at radius 2 is 1.66 bits per heavy atom. The van der Waals surface area contributed by atoms with Crippen molar-refractivity contribution in [3.63, 3.8) is 0 Å². The van der Waals surface area contributed by atoms with Gasteiger partial charge >= 0.3 is 6.36 Å². The van der Waals surface area contributed by atoms with Crippen LogP contribution in [0.2, 0.25) is 0 Å². The second kappa shape index (κ2) is 8.70. The van der Waals surface area contributed by atoms with E-state index >= 15 is 0 Å². The van der Waals surface area contributed by atoms with Crippen LogP contribution in [0, 0.1) is 13.8 Å². The normalized spacial score (nSPS) is 11.7. The van der Waals surface area contributed by atoms with Crippen molar-refractivity contribution in [3.05, 3.63) is 71.7 Å². The zero-order chi connectivity index (χ0) is 24.6. The number of alkyl halides is 3. The maximum atomic E-state index is 12.3. The number of hydrogen-bond acceptors (Lipinski definition) is 8. The van der Waals surface area contributed by atoms with E-state index < -0.39 is 6.36 Å². The van der Waals surface area contributed by atoms with E-state index in [4.69, 9.17) is 8.94 Å². The van der Waals surface area contributed by atoms with Gasteiger partial charge in [-0.2, -0.15) is 4.98 Å². The molecule has 0 saturated carbocycles. The van der Waals surface area contributed by atoms with Gasteiger partial charge in [-0.1, -0.05) is 28.6 Å². The monoisotopic (exact) mass is 482 g/mol. The van der Waals surface area contributed by atoms with Crippen LogP contribution in [-0.4, -0.2) is 36.5 Å². The number of nitrogens with zero attached hydrogens (tertiary/aromatic N) is 6.